The fraction of sp³-hybridized carbons (Fsp3) is 1.00. The van der Waals surface area contributed by atoms with Gasteiger partial charge in [0.25, 0.3) is 0 Å². The first kappa shape index (κ1) is 12.1. The Morgan fingerprint density at radius 3 is 2.14 bits per heavy atom. The van der Waals surface area contributed by atoms with E-state index in [0.29, 0.717) is 0 Å². The minimum atomic E-state index is 0.899. The van der Waals surface area contributed by atoms with Crippen LogP contribution < -0.4 is 0 Å². The summed E-state index contributed by atoms with van der Waals surface area (Å²) in [6.07, 6.45) is 8.82. The largest absolute Gasteiger partial charge is 0.0651 e. The molecule has 3 unspecified atom stereocenters. The van der Waals surface area contributed by atoms with Gasteiger partial charge in [-0.25, -0.2) is 0 Å². The smallest absolute Gasteiger partial charge is 0.0386 e. The third-order valence-corrected chi connectivity index (χ3v) is 4.10. The Labute approximate surface area is 90.5 Å². The molecule has 1 aliphatic carbocycles. The summed E-state index contributed by atoms with van der Waals surface area (Å²) in [5.74, 6) is 4.03. The van der Waals surface area contributed by atoms with Gasteiger partial charge in [-0.3, -0.25) is 0 Å². The van der Waals surface area contributed by atoms with Crippen LogP contribution in [-0.2, 0) is 0 Å². The van der Waals surface area contributed by atoms with Crippen molar-refractivity contribution >= 4 is 0 Å². The van der Waals surface area contributed by atoms with Gasteiger partial charge < -0.3 is 0 Å². The van der Waals surface area contributed by atoms with Crippen LogP contribution in [-0.4, -0.2) is 0 Å². The molecule has 84 valence electrons. The van der Waals surface area contributed by atoms with Crippen LogP contribution in [0.1, 0.15) is 66.2 Å². The highest BCUT2D eigenvalue weighted by Crippen LogP contribution is 2.39. The van der Waals surface area contributed by atoms with Crippen LogP contribution in [0.15, 0.2) is 0 Å². The topological polar surface area (TPSA) is 0 Å². The monoisotopic (exact) mass is 196 g/mol. The third-order valence-electron chi connectivity index (χ3n) is 4.10. The zero-order chi connectivity index (χ0) is 10.6. The molecule has 14 heavy (non-hydrogen) atoms. The summed E-state index contributed by atoms with van der Waals surface area (Å²) in [5, 5.41) is 0. The number of rotatable bonds is 4. The average molecular weight is 196 g/mol. The van der Waals surface area contributed by atoms with Crippen LogP contribution in [0.5, 0.6) is 0 Å². The molecular formula is C14H28. The van der Waals surface area contributed by atoms with Gasteiger partial charge in [-0.15, -0.1) is 0 Å². The molecule has 0 spiro atoms. The Morgan fingerprint density at radius 1 is 1.00 bits per heavy atom. The Kier molecular flexibility index (Phi) is 4.98. The molecule has 1 saturated carbocycles. The number of hydrogen-bond acceptors (Lipinski definition) is 0. The van der Waals surface area contributed by atoms with Crippen LogP contribution in [0.2, 0.25) is 0 Å². The molecule has 0 heterocycles. The standard InChI is InChI=1S/C14H28/c1-5-13-8-7-12(9-11(3)4)10-14(13)6-2/h11-14H,5-10H2,1-4H3. The molecule has 0 N–H and O–H groups in total. The van der Waals surface area contributed by atoms with Gasteiger partial charge >= 0.3 is 0 Å². The summed E-state index contributed by atoms with van der Waals surface area (Å²) in [4.78, 5) is 0. The van der Waals surface area contributed by atoms with Gasteiger partial charge in [0, 0.05) is 0 Å². The molecule has 0 heteroatoms. The molecule has 0 aromatic rings. The van der Waals surface area contributed by atoms with Crippen molar-refractivity contribution < 1.29 is 0 Å². The Morgan fingerprint density at radius 2 is 1.64 bits per heavy atom. The lowest BCUT2D eigenvalue weighted by Crippen LogP contribution is -2.24. The van der Waals surface area contributed by atoms with E-state index in [9.17, 15) is 0 Å². The molecule has 0 amide bonds. The lowest BCUT2D eigenvalue weighted by atomic mass is 9.70. The molecule has 0 radical (unpaired) electrons. The summed E-state index contributed by atoms with van der Waals surface area (Å²) in [5.41, 5.74) is 0. The van der Waals surface area contributed by atoms with E-state index in [4.69, 9.17) is 0 Å². The molecular weight excluding hydrogens is 168 g/mol. The molecule has 0 aliphatic heterocycles. The lowest BCUT2D eigenvalue weighted by Gasteiger charge is -2.36. The zero-order valence-electron chi connectivity index (χ0n) is 10.6. The normalized spacial score (nSPS) is 33.6. The van der Waals surface area contributed by atoms with Crippen LogP contribution in [0.25, 0.3) is 0 Å². The third kappa shape index (κ3) is 3.29. The van der Waals surface area contributed by atoms with Gasteiger partial charge in [0.2, 0.25) is 0 Å². The van der Waals surface area contributed by atoms with Gasteiger partial charge in [0.1, 0.15) is 0 Å². The van der Waals surface area contributed by atoms with Crippen molar-refractivity contribution in [2.24, 2.45) is 23.7 Å². The molecule has 3 atom stereocenters. The van der Waals surface area contributed by atoms with E-state index in [0.717, 1.165) is 23.7 Å². The molecule has 0 nitrogen and oxygen atoms in total. The van der Waals surface area contributed by atoms with Crippen molar-refractivity contribution in [3.63, 3.8) is 0 Å². The maximum atomic E-state index is 2.38. The van der Waals surface area contributed by atoms with Crippen LogP contribution in [0.3, 0.4) is 0 Å². The van der Waals surface area contributed by atoms with E-state index in [1.54, 1.807) is 0 Å². The Hall–Kier alpha value is 0. The minimum Gasteiger partial charge on any atom is -0.0651 e. The predicted molar refractivity (Wildman–Crippen MR) is 64.4 cm³/mol. The first-order valence-corrected chi connectivity index (χ1v) is 6.67. The first-order chi connectivity index (χ1) is 6.67. The maximum Gasteiger partial charge on any atom is -0.0386 e. The van der Waals surface area contributed by atoms with Gasteiger partial charge in [-0.2, -0.15) is 0 Å². The SMILES string of the molecule is CCC1CCC(CC(C)C)CC1CC. The minimum absolute atomic E-state index is 0.899. The van der Waals surface area contributed by atoms with Crippen LogP contribution in [0, 0.1) is 23.7 Å². The van der Waals surface area contributed by atoms with E-state index in [-0.39, 0.29) is 0 Å². The van der Waals surface area contributed by atoms with E-state index in [1.807, 2.05) is 0 Å². The van der Waals surface area contributed by atoms with Gasteiger partial charge in [0.15, 0.2) is 0 Å². The summed E-state index contributed by atoms with van der Waals surface area (Å²) in [7, 11) is 0. The number of hydrogen-bond donors (Lipinski definition) is 0. The highest BCUT2D eigenvalue weighted by atomic mass is 14.3. The Balaban J connectivity index is 2.40. The van der Waals surface area contributed by atoms with E-state index < -0.39 is 0 Å². The van der Waals surface area contributed by atoms with E-state index in [1.165, 1.54) is 38.5 Å². The fourth-order valence-corrected chi connectivity index (χ4v) is 3.34. The maximum absolute atomic E-state index is 2.38. The van der Waals surface area contributed by atoms with E-state index >= 15 is 0 Å². The second-order valence-electron chi connectivity index (χ2n) is 5.65. The molecule has 0 bridgehead atoms. The summed E-state index contributed by atoms with van der Waals surface area (Å²) < 4.78 is 0. The Bertz CT molecular complexity index is 148. The lowest BCUT2D eigenvalue weighted by molar-refractivity contribution is 0.154. The van der Waals surface area contributed by atoms with Crippen molar-refractivity contribution in [2.75, 3.05) is 0 Å². The predicted octanol–water partition coefficient (Wildman–Crippen LogP) is 4.89. The summed E-state index contributed by atoms with van der Waals surface area (Å²) in [6, 6.07) is 0. The second-order valence-corrected chi connectivity index (χ2v) is 5.65. The average Bonchev–Trinajstić information content (AvgIpc) is 2.16. The van der Waals surface area contributed by atoms with Gasteiger partial charge in [0.05, 0.1) is 0 Å². The molecule has 1 fully saturated rings. The summed E-state index contributed by atoms with van der Waals surface area (Å²) in [6.45, 7) is 9.49. The van der Waals surface area contributed by atoms with Crippen molar-refractivity contribution in [1.82, 2.24) is 0 Å². The molecule has 0 aromatic heterocycles. The zero-order valence-corrected chi connectivity index (χ0v) is 10.6. The van der Waals surface area contributed by atoms with Crippen molar-refractivity contribution in [3.8, 4) is 0 Å². The highest BCUT2D eigenvalue weighted by Gasteiger charge is 2.28. The van der Waals surface area contributed by atoms with Crippen molar-refractivity contribution in [2.45, 2.75) is 66.2 Å². The fourth-order valence-electron chi connectivity index (χ4n) is 3.34. The van der Waals surface area contributed by atoms with Crippen molar-refractivity contribution in [1.29, 1.82) is 0 Å². The quantitative estimate of drug-likeness (QED) is 0.601. The van der Waals surface area contributed by atoms with Gasteiger partial charge in [-0.1, -0.05) is 47.0 Å². The van der Waals surface area contributed by atoms with Gasteiger partial charge in [-0.05, 0) is 42.9 Å². The molecule has 0 saturated heterocycles. The molecule has 1 rings (SSSR count). The molecule has 1 aliphatic rings. The van der Waals surface area contributed by atoms with Crippen LogP contribution in [0.4, 0.5) is 0 Å². The first-order valence-electron chi connectivity index (χ1n) is 6.67. The summed E-state index contributed by atoms with van der Waals surface area (Å²) >= 11 is 0. The highest BCUT2D eigenvalue weighted by molar-refractivity contribution is 4.79. The second kappa shape index (κ2) is 5.78. The van der Waals surface area contributed by atoms with Crippen molar-refractivity contribution in [3.05, 3.63) is 0 Å². The molecule has 0 aromatic carbocycles. The van der Waals surface area contributed by atoms with Crippen LogP contribution >= 0.6 is 0 Å². The van der Waals surface area contributed by atoms with E-state index in [2.05, 4.69) is 27.7 Å².